The number of carbonyl (C=O) groups is 1. The van der Waals surface area contributed by atoms with E-state index in [1.165, 1.54) is 18.4 Å². The Labute approximate surface area is 160 Å². The van der Waals surface area contributed by atoms with Gasteiger partial charge in [0, 0.05) is 51.5 Å². The van der Waals surface area contributed by atoms with Crippen LogP contribution in [0.5, 0.6) is 0 Å². The van der Waals surface area contributed by atoms with Crippen LogP contribution < -0.4 is 10.9 Å². The van der Waals surface area contributed by atoms with Crippen molar-refractivity contribution >= 4 is 18.3 Å². The van der Waals surface area contributed by atoms with Crippen molar-refractivity contribution in [3.05, 3.63) is 34.2 Å². The lowest BCUT2D eigenvalue weighted by Gasteiger charge is -2.36. The minimum atomic E-state index is 0. The highest BCUT2D eigenvalue weighted by molar-refractivity contribution is 5.85. The normalized spacial score (nSPS) is 23.7. The van der Waals surface area contributed by atoms with Crippen LogP contribution in [0.3, 0.4) is 0 Å². The smallest absolute Gasteiger partial charge is 0.250 e. The number of hydrogen-bond donors (Lipinski definition) is 1. The summed E-state index contributed by atoms with van der Waals surface area (Å²) in [4.78, 5) is 28.8. The van der Waals surface area contributed by atoms with Crippen molar-refractivity contribution in [2.75, 3.05) is 32.7 Å². The zero-order valence-electron chi connectivity index (χ0n) is 15.2. The van der Waals surface area contributed by atoms with Crippen molar-refractivity contribution < 1.29 is 4.79 Å². The largest absolute Gasteiger partial charge is 0.339 e. The van der Waals surface area contributed by atoms with Gasteiger partial charge in [-0.2, -0.15) is 0 Å². The molecule has 4 rings (SSSR count). The molecule has 1 aromatic heterocycles. The quantitative estimate of drug-likeness (QED) is 0.830. The van der Waals surface area contributed by atoms with E-state index in [1.807, 2.05) is 21.7 Å². The molecule has 0 bridgehead atoms. The number of nitrogens with one attached hydrogen (secondary N) is 1. The molecular weight excluding hydrogens is 352 g/mol. The van der Waals surface area contributed by atoms with Gasteiger partial charge in [0.25, 0.3) is 5.56 Å². The van der Waals surface area contributed by atoms with Crippen molar-refractivity contribution in [1.29, 1.82) is 0 Å². The molecule has 3 heterocycles. The Bertz CT molecular complexity index is 674. The van der Waals surface area contributed by atoms with Crippen molar-refractivity contribution in [2.45, 2.75) is 44.8 Å². The fraction of sp³-hybridized carbons (Fsp3) is 0.684. The molecule has 1 aliphatic carbocycles. The van der Waals surface area contributed by atoms with Gasteiger partial charge in [-0.25, -0.2) is 0 Å². The van der Waals surface area contributed by atoms with Gasteiger partial charge in [-0.3, -0.25) is 14.5 Å². The molecule has 2 aliphatic heterocycles. The molecule has 1 saturated carbocycles. The van der Waals surface area contributed by atoms with Crippen LogP contribution in [0, 0.1) is 5.92 Å². The van der Waals surface area contributed by atoms with Gasteiger partial charge in [-0.05, 0) is 43.7 Å². The van der Waals surface area contributed by atoms with E-state index < -0.39 is 0 Å². The summed E-state index contributed by atoms with van der Waals surface area (Å²) in [5.74, 6) is 0.974. The molecule has 6 nitrogen and oxygen atoms in total. The number of rotatable bonds is 5. The van der Waals surface area contributed by atoms with E-state index in [9.17, 15) is 9.59 Å². The van der Waals surface area contributed by atoms with Gasteiger partial charge in [0.05, 0.1) is 6.04 Å². The molecule has 1 unspecified atom stereocenters. The predicted octanol–water partition coefficient (Wildman–Crippen LogP) is 1.08. The van der Waals surface area contributed by atoms with Crippen LogP contribution in [0.15, 0.2) is 23.1 Å². The maximum atomic E-state index is 12.5. The molecular formula is C19H29ClN4O2. The second-order valence-corrected chi connectivity index (χ2v) is 7.72. The second kappa shape index (κ2) is 8.55. The van der Waals surface area contributed by atoms with Crippen LogP contribution in [0.4, 0.5) is 0 Å². The van der Waals surface area contributed by atoms with Crippen LogP contribution in [0.1, 0.15) is 31.2 Å². The zero-order valence-corrected chi connectivity index (χ0v) is 16.0. The minimum Gasteiger partial charge on any atom is -0.339 e. The highest BCUT2D eigenvalue weighted by Gasteiger charge is 2.29. The third kappa shape index (κ3) is 4.67. The van der Waals surface area contributed by atoms with Gasteiger partial charge in [0.2, 0.25) is 5.91 Å². The first-order chi connectivity index (χ1) is 12.2. The average Bonchev–Trinajstić information content (AvgIpc) is 3.27. The van der Waals surface area contributed by atoms with Gasteiger partial charge in [0.15, 0.2) is 0 Å². The molecule has 1 N–H and O–H groups in total. The summed E-state index contributed by atoms with van der Waals surface area (Å²) in [5, 5.41) is 3.30. The number of nitrogens with zero attached hydrogens (tertiary/aromatic N) is 3. The number of carbonyl (C=O) groups excluding carboxylic acids is 1. The van der Waals surface area contributed by atoms with Gasteiger partial charge in [-0.15, -0.1) is 12.4 Å². The van der Waals surface area contributed by atoms with Gasteiger partial charge in [0.1, 0.15) is 0 Å². The van der Waals surface area contributed by atoms with Crippen LogP contribution in [0.2, 0.25) is 0 Å². The fourth-order valence-corrected chi connectivity index (χ4v) is 3.90. The summed E-state index contributed by atoms with van der Waals surface area (Å²) in [6, 6.07) is 3.69. The zero-order chi connectivity index (χ0) is 17.2. The third-order valence-corrected chi connectivity index (χ3v) is 5.65. The van der Waals surface area contributed by atoms with Crippen molar-refractivity contribution in [3.63, 3.8) is 0 Å². The molecule has 7 heteroatoms. The Morgan fingerprint density at radius 1 is 1.12 bits per heavy atom. The monoisotopic (exact) mass is 380 g/mol. The molecule has 26 heavy (non-hydrogen) atoms. The average molecular weight is 381 g/mol. The number of aromatic nitrogens is 1. The molecule has 3 aliphatic rings. The maximum Gasteiger partial charge on any atom is 0.250 e. The number of pyridine rings is 1. The van der Waals surface area contributed by atoms with E-state index in [-0.39, 0.29) is 29.9 Å². The lowest BCUT2D eigenvalue weighted by molar-refractivity contribution is -0.134. The molecule has 1 amide bonds. The molecule has 1 aromatic rings. The molecule has 1 atom stereocenters. The topological polar surface area (TPSA) is 57.6 Å². The molecule has 144 valence electrons. The third-order valence-electron chi connectivity index (χ3n) is 5.65. The van der Waals surface area contributed by atoms with Crippen molar-refractivity contribution in [1.82, 2.24) is 19.7 Å². The number of amides is 1. The molecule has 0 radical (unpaired) electrons. The Hall–Kier alpha value is -1.37. The summed E-state index contributed by atoms with van der Waals surface area (Å²) >= 11 is 0. The van der Waals surface area contributed by atoms with Crippen molar-refractivity contribution in [2.24, 2.45) is 5.92 Å². The number of piperazine rings is 1. The van der Waals surface area contributed by atoms with Crippen LogP contribution >= 0.6 is 12.4 Å². The Morgan fingerprint density at radius 2 is 1.88 bits per heavy atom. The fourth-order valence-electron chi connectivity index (χ4n) is 3.90. The lowest BCUT2D eigenvalue weighted by Crippen LogP contribution is -2.52. The molecule has 2 saturated heterocycles. The summed E-state index contributed by atoms with van der Waals surface area (Å²) in [6.45, 7) is 6.10. The Morgan fingerprint density at radius 3 is 2.54 bits per heavy atom. The highest BCUT2D eigenvalue weighted by Crippen LogP contribution is 2.30. The molecule has 3 fully saturated rings. The molecule has 0 aromatic carbocycles. The van der Waals surface area contributed by atoms with Crippen LogP contribution in [-0.4, -0.2) is 59.0 Å². The van der Waals surface area contributed by atoms with Gasteiger partial charge in [-0.1, -0.05) is 6.07 Å². The first-order valence-corrected chi connectivity index (χ1v) is 9.63. The SMILES string of the molecule is Cl.O=C(C1CCCN1)N1CCN(Cc2ccc(=O)n(CC3CC3)c2)CC1. The van der Waals surface area contributed by atoms with Crippen LogP contribution in [0.25, 0.3) is 0 Å². The summed E-state index contributed by atoms with van der Waals surface area (Å²) < 4.78 is 1.87. The van der Waals surface area contributed by atoms with E-state index >= 15 is 0 Å². The Kier molecular flexibility index (Phi) is 6.37. The maximum absolute atomic E-state index is 12.5. The van der Waals surface area contributed by atoms with Gasteiger partial charge < -0.3 is 14.8 Å². The van der Waals surface area contributed by atoms with E-state index in [2.05, 4.69) is 10.2 Å². The highest BCUT2D eigenvalue weighted by atomic mass is 35.5. The summed E-state index contributed by atoms with van der Waals surface area (Å²) in [6.07, 6.45) is 6.61. The lowest BCUT2D eigenvalue weighted by atomic mass is 10.1. The number of hydrogen-bond acceptors (Lipinski definition) is 4. The van der Waals surface area contributed by atoms with E-state index in [0.717, 1.165) is 58.7 Å². The van der Waals surface area contributed by atoms with E-state index in [1.54, 1.807) is 6.07 Å². The standard InChI is InChI=1S/C19H28N4O2.ClH/c24-18-6-5-16(14-23(18)13-15-3-4-15)12-21-8-10-22(11-9-21)19(25)17-2-1-7-20-17;/h5-6,14-15,17,20H,1-4,7-13H2;1H. The first-order valence-electron chi connectivity index (χ1n) is 9.63. The first kappa shape index (κ1) is 19.4. The predicted molar refractivity (Wildman–Crippen MR) is 104 cm³/mol. The van der Waals surface area contributed by atoms with Gasteiger partial charge >= 0.3 is 0 Å². The Balaban J connectivity index is 0.00000196. The minimum absolute atomic E-state index is 0. The second-order valence-electron chi connectivity index (χ2n) is 7.72. The molecule has 0 spiro atoms. The summed E-state index contributed by atoms with van der Waals surface area (Å²) in [7, 11) is 0. The van der Waals surface area contributed by atoms with E-state index in [0.29, 0.717) is 5.92 Å². The van der Waals surface area contributed by atoms with E-state index in [4.69, 9.17) is 0 Å². The number of halogens is 1. The van der Waals surface area contributed by atoms with Crippen molar-refractivity contribution in [3.8, 4) is 0 Å². The summed E-state index contributed by atoms with van der Waals surface area (Å²) in [5.41, 5.74) is 1.30. The van der Waals surface area contributed by atoms with Crippen LogP contribution in [-0.2, 0) is 17.9 Å².